The summed E-state index contributed by atoms with van der Waals surface area (Å²) >= 11 is 0. The molecule has 0 aromatic carbocycles. The van der Waals surface area contributed by atoms with E-state index in [4.69, 9.17) is 15.0 Å². The Kier molecular flexibility index (Phi) is 9.21. The Morgan fingerprint density at radius 2 is 1.75 bits per heavy atom. The molecule has 0 aromatic rings. The van der Waals surface area contributed by atoms with E-state index < -0.39 is 32.2 Å². The maximum absolute atomic E-state index is 10.8. The second-order valence-electron chi connectivity index (χ2n) is 2.47. The molecule has 9 heteroatoms. The highest BCUT2D eigenvalue weighted by Gasteiger charge is 2.17. The van der Waals surface area contributed by atoms with E-state index in [0.29, 0.717) is 0 Å². The molecule has 4 N–H and O–H groups in total. The quantitative estimate of drug-likeness (QED) is 0.303. The number of amides is 2. The average Bonchev–Trinajstić information content (AvgIpc) is 2.17. The Bertz CT molecular complexity index is 276. The molecule has 0 spiro atoms. The molecule has 0 saturated carbocycles. The number of imide groups is 1. The van der Waals surface area contributed by atoms with E-state index in [2.05, 4.69) is 5.32 Å². The number of nitrogens with zero attached hydrogens (tertiary/aromatic N) is 1. The Balaban J connectivity index is 0. The van der Waals surface area contributed by atoms with Gasteiger partial charge in [-0.05, 0) is 0 Å². The van der Waals surface area contributed by atoms with Gasteiger partial charge in [-0.3, -0.25) is 24.7 Å². The molecule has 0 aliphatic carbocycles. The minimum Gasteiger partial charge on any atom is -0.324 e. The zero-order valence-corrected chi connectivity index (χ0v) is 10.3. The highest BCUT2D eigenvalue weighted by molar-refractivity contribution is 7.51. The van der Waals surface area contributed by atoms with Gasteiger partial charge in [-0.15, -0.1) is 0 Å². The molecule has 0 aromatic heterocycles. The van der Waals surface area contributed by atoms with Crippen molar-refractivity contribution >= 4 is 19.4 Å². The lowest BCUT2D eigenvalue weighted by atomic mass is 10.5. The lowest BCUT2D eigenvalue weighted by molar-refractivity contribution is -0.176. The minimum absolute atomic E-state index is 0.132. The topological polar surface area (TPSA) is 127 Å². The summed E-state index contributed by atoms with van der Waals surface area (Å²) in [7, 11) is -4.22. The van der Waals surface area contributed by atoms with Gasteiger partial charge in [-0.1, -0.05) is 13.8 Å². The maximum atomic E-state index is 10.8. The van der Waals surface area contributed by atoms with Crippen molar-refractivity contribution in [2.45, 2.75) is 20.8 Å². The second-order valence-corrected chi connectivity index (χ2v) is 4.12. The summed E-state index contributed by atoms with van der Waals surface area (Å²) in [6, 6.07) is 0. The van der Waals surface area contributed by atoms with Crippen molar-refractivity contribution in [2.24, 2.45) is 0 Å². The fourth-order valence-electron chi connectivity index (χ4n) is 0.559. The Morgan fingerprint density at radius 1 is 1.31 bits per heavy atom. The van der Waals surface area contributed by atoms with Crippen LogP contribution in [-0.2, 0) is 14.2 Å². The number of hydroxylamine groups is 2. The normalized spacial score (nSPS) is 10.1. The summed E-state index contributed by atoms with van der Waals surface area (Å²) in [5.41, 5.74) is 0. The molecule has 0 saturated heterocycles. The van der Waals surface area contributed by atoms with E-state index in [1.165, 1.54) is 0 Å². The smallest absolute Gasteiger partial charge is 0.324 e. The number of hydrogen-bond donors (Lipinski definition) is 4. The van der Waals surface area contributed by atoms with Gasteiger partial charge >= 0.3 is 7.60 Å². The monoisotopic (exact) mass is 256 g/mol. The fourth-order valence-corrected chi connectivity index (χ4v) is 0.962. The van der Waals surface area contributed by atoms with Crippen LogP contribution in [0.4, 0.5) is 0 Å². The molecule has 0 radical (unpaired) electrons. The van der Waals surface area contributed by atoms with E-state index in [9.17, 15) is 14.2 Å². The predicted octanol–water partition coefficient (Wildman–Crippen LogP) is -0.498. The number of carbonyl (C=O) groups is 2. The second kappa shape index (κ2) is 8.37. The Morgan fingerprint density at radius 3 is 2.06 bits per heavy atom. The average molecular weight is 256 g/mol. The van der Waals surface area contributed by atoms with Crippen LogP contribution in [-0.4, -0.2) is 44.7 Å². The molecule has 0 atom stereocenters. The zero-order chi connectivity index (χ0) is 13.4. The summed E-state index contributed by atoms with van der Waals surface area (Å²) in [5.74, 6) is -1.85. The molecule has 0 bridgehead atoms. The van der Waals surface area contributed by atoms with Crippen LogP contribution in [0.5, 0.6) is 0 Å². The van der Waals surface area contributed by atoms with Gasteiger partial charge < -0.3 is 9.79 Å². The summed E-state index contributed by atoms with van der Waals surface area (Å²) in [5, 5.41) is 10.7. The van der Waals surface area contributed by atoms with Crippen molar-refractivity contribution < 1.29 is 29.1 Å². The van der Waals surface area contributed by atoms with Crippen LogP contribution >= 0.6 is 7.60 Å². The molecule has 0 aliphatic rings. The van der Waals surface area contributed by atoms with Gasteiger partial charge in [0, 0.05) is 6.92 Å². The molecule has 16 heavy (non-hydrogen) atoms. The first-order valence-corrected chi connectivity index (χ1v) is 6.31. The molecule has 0 aliphatic heterocycles. The first kappa shape index (κ1) is 17.6. The number of rotatable bonds is 4. The Hall–Kier alpha value is -0.790. The van der Waals surface area contributed by atoms with Crippen LogP contribution in [0.3, 0.4) is 0 Å². The number of nitrogens with one attached hydrogen (secondary N) is 1. The molecule has 0 unspecified atom stereocenters. The van der Waals surface area contributed by atoms with Gasteiger partial charge in [0.1, 0.15) is 0 Å². The van der Waals surface area contributed by atoms with Gasteiger partial charge in [-0.25, -0.2) is 0 Å². The van der Waals surface area contributed by atoms with Crippen LogP contribution in [0.25, 0.3) is 0 Å². The molecule has 0 heterocycles. The molecule has 8 nitrogen and oxygen atoms in total. The van der Waals surface area contributed by atoms with E-state index in [-0.39, 0.29) is 5.06 Å². The summed E-state index contributed by atoms with van der Waals surface area (Å²) in [6.45, 7) is 4.45. The van der Waals surface area contributed by atoms with Crippen molar-refractivity contribution in [3.8, 4) is 0 Å². The third-order valence-electron chi connectivity index (χ3n) is 1.13. The minimum atomic E-state index is -4.22. The van der Waals surface area contributed by atoms with Gasteiger partial charge in [0.15, 0.2) is 0 Å². The van der Waals surface area contributed by atoms with E-state index in [1.807, 2.05) is 13.8 Å². The number of hydrogen-bond acceptors (Lipinski definition) is 5. The van der Waals surface area contributed by atoms with E-state index in [0.717, 1.165) is 6.92 Å². The van der Waals surface area contributed by atoms with Crippen LogP contribution in [0.2, 0.25) is 0 Å². The number of carbonyl (C=O) groups excluding carboxylic acids is 2. The SMILES string of the molecule is CC.CC(=O)N(O)C(=O)CNCP(=O)(O)O. The molecule has 0 rings (SSSR count). The van der Waals surface area contributed by atoms with Crippen LogP contribution in [0.15, 0.2) is 0 Å². The van der Waals surface area contributed by atoms with Gasteiger partial charge in [0.05, 0.1) is 12.8 Å². The fraction of sp³-hybridized carbons (Fsp3) is 0.714. The van der Waals surface area contributed by atoms with Crippen LogP contribution in [0, 0.1) is 0 Å². The van der Waals surface area contributed by atoms with Crippen molar-refractivity contribution in [1.29, 1.82) is 0 Å². The maximum Gasteiger partial charge on any atom is 0.339 e. The zero-order valence-electron chi connectivity index (χ0n) is 9.38. The molecule has 2 amide bonds. The molecule has 96 valence electrons. The van der Waals surface area contributed by atoms with Crippen LogP contribution in [0.1, 0.15) is 20.8 Å². The van der Waals surface area contributed by atoms with Gasteiger partial charge in [0.2, 0.25) is 5.91 Å². The lowest BCUT2D eigenvalue weighted by Gasteiger charge is -2.11. The van der Waals surface area contributed by atoms with Crippen molar-refractivity contribution in [2.75, 3.05) is 12.8 Å². The first-order valence-electron chi connectivity index (χ1n) is 4.51. The highest BCUT2D eigenvalue weighted by atomic mass is 31.2. The van der Waals surface area contributed by atoms with Gasteiger partial charge in [-0.2, -0.15) is 5.06 Å². The Labute approximate surface area is 93.4 Å². The summed E-state index contributed by atoms with van der Waals surface area (Å²) in [4.78, 5) is 38.0. The summed E-state index contributed by atoms with van der Waals surface area (Å²) < 4.78 is 10.3. The van der Waals surface area contributed by atoms with E-state index >= 15 is 0 Å². The highest BCUT2D eigenvalue weighted by Crippen LogP contribution is 2.31. The summed E-state index contributed by atoms with van der Waals surface area (Å²) in [6.07, 6.45) is -0.690. The first-order chi connectivity index (χ1) is 7.24. The largest absolute Gasteiger partial charge is 0.339 e. The van der Waals surface area contributed by atoms with E-state index in [1.54, 1.807) is 0 Å². The standard InChI is InChI=1S/C5H11N2O6P.C2H6/c1-4(8)7(10)5(9)2-6-3-14(11,12)13;1-2/h6,10H,2-3H2,1H3,(H2,11,12,13);1-2H3. The van der Waals surface area contributed by atoms with Crippen molar-refractivity contribution in [1.82, 2.24) is 10.4 Å². The van der Waals surface area contributed by atoms with Crippen molar-refractivity contribution in [3.05, 3.63) is 0 Å². The predicted molar refractivity (Wildman–Crippen MR) is 55.6 cm³/mol. The molecule has 0 fully saturated rings. The lowest BCUT2D eigenvalue weighted by Crippen LogP contribution is -2.38. The van der Waals surface area contributed by atoms with Crippen molar-refractivity contribution in [3.63, 3.8) is 0 Å². The third-order valence-corrected chi connectivity index (χ3v) is 1.76. The van der Waals surface area contributed by atoms with Gasteiger partial charge in [0.25, 0.3) is 5.91 Å². The molecular weight excluding hydrogens is 239 g/mol. The van der Waals surface area contributed by atoms with Crippen LogP contribution < -0.4 is 5.32 Å². The third kappa shape index (κ3) is 9.75. The molecular formula is C7H17N2O6P.